The highest BCUT2D eigenvalue weighted by molar-refractivity contribution is 5.49. The van der Waals surface area contributed by atoms with Gasteiger partial charge in [-0.05, 0) is 19.3 Å². The number of rotatable bonds is 5. The molecule has 0 aromatic carbocycles. The Morgan fingerprint density at radius 2 is 2.19 bits per heavy atom. The van der Waals surface area contributed by atoms with Gasteiger partial charge in [-0.15, -0.1) is 0 Å². The van der Waals surface area contributed by atoms with E-state index in [1.54, 1.807) is 0 Å². The second-order valence-electron chi connectivity index (χ2n) is 3.77. The quantitative estimate of drug-likeness (QED) is 0.692. The molecule has 1 aliphatic rings. The van der Waals surface area contributed by atoms with Gasteiger partial charge in [-0.1, -0.05) is 0 Å². The van der Waals surface area contributed by atoms with E-state index in [4.69, 9.17) is 9.47 Å². The summed E-state index contributed by atoms with van der Waals surface area (Å²) in [5.74, 6) is -1.73. The van der Waals surface area contributed by atoms with Crippen LogP contribution in [-0.2, 0) is 14.3 Å². The van der Waals surface area contributed by atoms with E-state index in [-0.39, 0.29) is 6.29 Å². The first-order valence-corrected chi connectivity index (χ1v) is 5.27. The van der Waals surface area contributed by atoms with Crippen LogP contribution in [0.3, 0.4) is 0 Å². The van der Waals surface area contributed by atoms with Crippen molar-refractivity contribution in [1.29, 1.82) is 0 Å². The molecule has 16 heavy (non-hydrogen) atoms. The number of hydrogen-bond donors (Lipinski definition) is 0. The van der Waals surface area contributed by atoms with Gasteiger partial charge in [0.15, 0.2) is 6.29 Å². The number of carbonyl (C=O) groups is 1. The predicted molar refractivity (Wildman–Crippen MR) is 49.8 cm³/mol. The number of aldehydes is 1. The molecule has 0 aliphatic carbocycles. The van der Waals surface area contributed by atoms with Gasteiger partial charge in [0.25, 0.3) is 0 Å². The van der Waals surface area contributed by atoms with Crippen LogP contribution in [-0.4, -0.2) is 32.0 Å². The van der Waals surface area contributed by atoms with Crippen LogP contribution in [0.5, 0.6) is 0 Å². The molecule has 0 N–H and O–H groups in total. The molecule has 0 bridgehead atoms. The molecule has 2 unspecified atom stereocenters. The van der Waals surface area contributed by atoms with Gasteiger partial charge in [0, 0.05) is 13.0 Å². The highest BCUT2D eigenvalue weighted by atomic mass is 19.4. The van der Waals surface area contributed by atoms with E-state index in [9.17, 15) is 18.0 Å². The van der Waals surface area contributed by atoms with Crippen LogP contribution in [0.15, 0.2) is 0 Å². The maximum atomic E-state index is 12.4. The Bertz CT molecular complexity index is 212. The van der Waals surface area contributed by atoms with Crippen molar-refractivity contribution in [2.24, 2.45) is 5.92 Å². The molecule has 0 spiro atoms. The molecule has 94 valence electrons. The molecular formula is C10H15F3O3. The van der Waals surface area contributed by atoms with Crippen molar-refractivity contribution < 1.29 is 27.4 Å². The van der Waals surface area contributed by atoms with E-state index in [1.807, 2.05) is 0 Å². The molecule has 1 aliphatic heterocycles. The summed E-state index contributed by atoms with van der Waals surface area (Å²) < 4.78 is 47.3. The van der Waals surface area contributed by atoms with Gasteiger partial charge < -0.3 is 14.3 Å². The van der Waals surface area contributed by atoms with Crippen LogP contribution in [0.25, 0.3) is 0 Å². The summed E-state index contributed by atoms with van der Waals surface area (Å²) in [6.45, 7) is 0.0158. The minimum absolute atomic E-state index is 0.267. The lowest BCUT2D eigenvalue weighted by Crippen LogP contribution is -2.32. The molecule has 0 amide bonds. The van der Waals surface area contributed by atoms with E-state index < -0.39 is 31.4 Å². The van der Waals surface area contributed by atoms with E-state index in [2.05, 4.69) is 0 Å². The summed E-state index contributed by atoms with van der Waals surface area (Å²) in [7, 11) is 0. The summed E-state index contributed by atoms with van der Waals surface area (Å²) in [4.78, 5) is 10.1. The average Bonchev–Trinajstić information content (AvgIpc) is 2.24. The van der Waals surface area contributed by atoms with Crippen molar-refractivity contribution in [3.8, 4) is 0 Å². The SMILES string of the molecule is O=CCC(COC1CCCCO1)C(F)(F)F. The summed E-state index contributed by atoms with van der Waals surface area (Å²) in [5.41, 5.74) is 0. The van der Waals surface area contributed by atoms with Crippen LogP contribution in [0.4, 0.5) is 13.2 Å². The van der Waals surface area contributed by atoms with Crippen molar-refractivity contribution in [3.63, 3.8) is 0 Å². The summed E-state index contributed by atoms with van der Waals surface area (Å²) in [5, 5.41) is 0. The Morgan fingerprint density at radius 1 is 1.44 bits per heavy atom. The van der Waals surface area contributed by atoms with Gasteiger partial charge in [-0.2, -0.15) is 13.2 Å². The Kier molecular flexibility index (Phi) is 5.21. The fourth-order valence-electron chi connectivity index (χ4n) is 1.48. The van der Waals surface area contributed by atoms with Crippen molar-refractivity contribution in [2.75, 3.05) is 13.2 Å². The van der Waals surface area contributed by atoms with E-state index in [0.717, 1.165) is 12.8 Å². The van der Waals surface area contributed by atoms with Gasteiger partial charge in [-0.3, -0.25) is 0 Å². The molecule has 3 nitrogen and oxygen atoms in total. The van der Waals surface area contributed by atoms with Gasteiger partial charge in [0.05, 0.1) is 12.5 Å². The molecule has 0 aromatic rings. The first-order valence-electron chi connectivity index (χ1n) is 5.27. The molecule has 2 atom stereocenters. The predicted octanol–water partition coefficient (Wildman–Crippen LogP) is 2.30. The second kappa shape index (κ2) is 6.20. The largest absolute Gasteiger partial charge is 0.394 e. The number of ether oxygens (including phenoxy) is 2. The highest BCUT2D eigenvalue weighted by Crippen LogP contribution is 2.29. The first-order chi connectivity index (χ1) is 7.54. The third-order valence-electron chi connectivity index (χ3n) is 2.46. The van der Waals surface area contributed by atoms with Crippen molar-refractivity contribution in [3.05, 3.63) is 0 Å². The smallest absolute Gasteiger partial charge is 0.353 e. The summed E-state index contributed by atoms with van der Waals surface area (Å²) in [6, 6.07) is 0. The van der Waals surface area contributed by atoms with Crippen LogP contribution in [0, 0.1) is 5.92 Å². The Balaban J connectivity index is 2.33. The first kappa shape index (κ1) is 13.4. The Hall–Kier alpha value is -0.620. The summed E-state index contributed by atoms with van der Waals surface area (Å²) in [6.07, 6.45) is -2.81. The minimum atomic E-state index is -4.39. The summed E-state index contributed by atoms with van der Waals surface area (Å²) >= 11 is 0. The molecule has 1 heterocycles. The standard InChI is InChI=1S/C10H15F3O3/c11-10(12,13)8(4-5-14)7-16-9-3-1-2-6-15-9/h5,8-9H,1-4,6-7H2. The Labute approximate surface area is 91.9 Å². The zero-order valence-corrected chi connectivity index (χ0v) is 8.83. The normalized spacial score (nSPS) is 24.1. The van der Waals surface area contributed by atoms with Crippen molar-refractivity contribution >= 4 is 6.29 Å². The Morgan fingerprint density at radius 3 is 2.69 bits per heavy atom. The zero-order valence-electron chi connectivity index (χ0n) is 8.83. The molecule has 0 saturated carbocycles. The average molecular weight is 240 g/mol. The van der Waals surface area contributed by atoms with Crippen LogP contribution < -0.4 is 0 Å². The van der Waals surface area contributed by atoms with E-state index >= 15 is 0 Å². The molecular weight excluding hydrogens is 225 g/mol. The number of alkyl halides is 3. The second-order valence-corrected chi connectivity index (χ2v) is 3.77. The maximum Gasteiger partial charge on any atom is 0.394 e. The fraction of sp³-hybridized carbons (Fsp3) is 0.900. The van der Waals surface area contributed by atoms with Gasteiger partial charge in [-0.25, -0.2) is 0 Å². The van der Waals surface area contributed by atoms with Crippen molar-refractivity contribution in [2.45, 2.75) is 38.1 Å². The van der Waals surface area contributed by atoms with E-state index in [0.29, 0.717) is 13.0 Å². The molecule has 6 heteroatoms. The number of hydrogen-bond acceptors (Lipinski definition) is 3. The van der Waals surface area contributed by atoms with Crippen LogP contribution in [0.1, 0.15) is 25.7 Å². The third kappa shape index (κ3) is 4.49. The molecule has 0 radical (unpaired) electrons. The zero-order chi connectivity index (χ0) is 12.0. The van der Waals surface area contributed by atoms with Crippen LogP contribution >= 0.6 is 0 Å². The molecule has 1 fully saturated rings. The monoisotopic (exact) mass is 240 g/mol. The van der Waals surface area contributed by atoms with Gasteiger partial charge >= 0.3 is 6.18 Å². The lowest BCUT2D eigenvalue weighted by atomic mass is 10.1. The van der Waals surface area contributed by atoms with Gasteiger partial charge in [0.1, 0.15) is 6.29 Å². The lowest BCUT2D eigenvalue weighted by Gasteiger charge is -2.25. The maximum absolute atomic E-state index is 12.4. The van der Waals surface area contributed by atoms with E-state index in [1.165, 1.54) is 0 Å². The number of halogens is 3. The van der Waals surface area contributed by atoms with Crippen LogP contribution in [0.2, 0.25) is 0 Å². The highest BCUT2D eigenvalue weighted by Gasteiger charge is 2.39. The number of carbonyl (C=O) groups excluding carboxylic acids is 1. The third-order valence-corrected chi connectivity index (χ3v) is 2.46. The minimum Gasteiger partial charge on any atom is -0.353 e. The molecule has 0 aromatic heterocycles. The molecule has 1 rings (SSSR count). The van der Waals surface area contributed by atoms with Gasteiger partial charge in [0.2, 0.25) is 0 Å². The molecule has 1 saturated heterocycles. The fourth-order valence-corrected chi connectivity index (χ4v) is 1.48. The van der Waals surface area contributed by atoms with Crippen molar-refractivity contribution in [1.82, 2.24) is 0 Å². The lowest BCUT2D eigenvalue weighted by molar-refractivity contribution is -0.221. The topological polar surface area (TPSA) is 35.5 Å².